The highest BCUT2D eigenvalue weighted by molar-refractivity contribution is 7.10. The smallest absolute Gasteiger partial charge is 0.234 e. The predicted octanol–water partition coefficient (Wildman–Crippen LogP) is 2.45. The second kappa shape index (κ2) is 11.8. The van der Waals surface area contributed by atoms with Crippen LogP contribution in [0.2, 0.25) is 0 Å². The quantitative estimate of drug-likeness (QED) is 0.537. The number of ether oxygens (including phenoxy) is 1. The molecule has 3 amide bonds. The fourth-order valence-electron chi connectivity index (χ4n) is 4.81. The molecule has 1 aromatic heterocycles. The van der Waals surface area contributed by atoms with E-state index in [2.05, 4.69) is 10.2 Å². The van der Waals surface area contributed by atoms with Crippen molar-refractivity contribution in [2.45, 2.75) is 25.8 Å². The van der Waals surface area contributed by atoms with Gasteiger partial charge in [0.25, 0.3) is 0 Å². The van der Waals surface area contributed by atoms with Crippen molar-refractivity contribution in [1.82, 2.24) is 15.1 Å². The van der Waals surface area contributed by atoms with E-state index in [1.54, 1.807) is 23.3 Å². The van der Waals surface area contributed by atoms with Crippen molar-refractivity contribution in [3.8, 4) is 0 Å². The van der Waals surface area contributed by atoms with Gasteiger partial charge >= 0.3 is 0 Å². The zero-order valence-electron chi connectivity index (χ0n) is 20.4. The van der Waals surface area contributed by atoms with Crippen molar-refractivity contribution in [2.75, 3.05) is 57.9 Å². The molecule has 0 aliphatic carbocycles. The lowest BCUT2D eigenvalue weighted by atomic mass is 9.96. The van der Waals surface area contributed by atoms with Gasteiger partial charge < -0.3 is 19.9 Å². The summed E-state index contributed by atoms with van der Waals surface area (Å²) in [5.74, 6) is -0.420. The SMILES string of the molecule is COCCCNC(=O)CN1CCN(C(=O)C2CC(=O)N(c3ccc(C)cc3)C2c2cccs2)CC1. The maximum absolute atomic E-state index is 13.7. The lowest BCUT2D eigenvalue weighted by Gasteiger charge is -2.36. The Bertz CT molecular complexity index is 1000. The number of nitrogens with one attached hydrogen (secondary N) is 1. The first-order valence-electron chi connectivity index (χ1n) is 12.2. The Kier molecular flexibility index (Phi) is 8.54. The molecule has 3 heterocycles. The summed E-state index contributed by atoms with van der Waals surface area (Å²) >= 11 is 1.58. The van der Waals surface area contributed by atoms with Crippen molar-refractivity contribution in [1.29, 1.82) is 0 Å². The molecule has 2 atom stereocenters. The van der Waals surface area contributed by atoms with Gasteiger partial charge in [-0.1, -0.05) is 23.8 Å². The number of thiophene rings is 1. The second-order valence-electron chi connectivity index (χ2n) is 9.17. The van der Waals surface area contributed by atoms with E-state index in [0.29, 0.717) is 45.9 Å². The van der Waals surface area contributed by atoms with Gasteiger partial charge in [-0.15, -0.1) is 11.3 Å². The number of methoxy groups -OCH3 is 1. The van der Waals surface area contributed by atoms with Crippen molar-refractivity contribution >= 4 is 34.7 Å². The molecule has 2 aromatic rings. The minimum Gasteiger partial charge on any atom is -0.385 e. The Hall–Kier alpha value is -2.75. The molecule has 0 bridgehead atoms. The van der Waals surface area contributed by atoms with E-state index < -0.39 is 5.92 Å². The highest BCUT2D eigenvalue weighted by Gasteiger charge is 2.47. The van der Waals surface area contributed by atoms with Gasteiger partial charge in [0.05, 0.1) is 18.5 Å². The highest BCUT2D eigenvalue weighted by Crippen LogP contribution is 2.43. The van der Waals surface area contributed by atoms with Crippen LogP contribution in [-0.4, -0.2) is 80.5 Å². The zero-order valence-corrected chi connectivity index (χ0v) is 21.3. The number of hydrogen-bond donors (Lipinski definition) is 1. The number of hydrogen-bond acceptors (Lipinski definition) is 6. The van der Waals surface area contributed by atoms with Crippen molar-refractivity contribution in [3.05, 3.63) is 52.2 Å². The fourth-order valence-corrected chi connectivity index (χ4v) is 5.70. The third kappa shape index (κ3) is 6.09. The largest absolute Gasteiger partial charge is 0.385 e. The number of carbonyl (C=O) groups is 3. The van der Waals surface area contributed by atoms with E-state index in [9.17, 15) is 14.4 Å². The van der Waals surface area contributed by atoms with Crippen molar-refractivity contribution in [2.24, 2.45) is 5.92 Å². The van der Waals surface area contributed by atoms with Gasteiger partial charge in [-0.3, -0.25) is 19.3 Å². The number of anilines is 1. The second-order valence-corrected chi connectivity index (χ2v) is 10.1. The van der Waals surface area contributed by atoms with E-state index >= 15 is 0 Å². The minimum absolute atomic E-state index is 0.00577. The summed E-state index contributed by atoms with van der Waals surface area (Å²) in [5.41, 5.74) is 1.96. The van der Waals surface area contributed by atoms with Crippen LogP contribution in [0.25, 0.3) is 0 Å². The van der Waals surface area contributed by atoms with Crippen LogP contribution in [-0.2, 0) is 19.1 Å². The lowest BCUT2D eigenvalue weighted by Crippen LogP contribution is -2.52. The summed E-state index contributed by atoms with van der Waals surface area (Å²) < 4.78 is 5.00. The van der Waals surface area contributed by atoms with E-state index in [-0.39, 0.29) is 30.2 Å². The van der Waals surface area contributed by atoms with Gasteiger partial charge in [0, 0.05) is 63.4 Å². The molecular weight excluding hydrogens is 464 g/mol. The molecule has 1 aromatic carbocycles. The van der Waals surface area contributed by atoms with Crippen LogP contribution in [0.15, 0.2) is 41.8 Å². The molecule has 0 spiro atoms. The molecule has 4 rings (SSSR count). The molecule has 1 N–H and O–H groups in total. The summed E-state index contributed by atoms with van der Waals surface area (Å²) in [4.78, 5) is 45.8. The Morgan fingerprint density at radius 3 is 2.51 bits per heavy atom. The van der Waals surface area contributed by atoms with Gasteiger partial charge in [0.1, 0.15) is 0 Å². The number of rotatable bonds is 9. The Labute approximate surface area is 210 Å². The molecule has 0 radical (unpaired) electrons. The van der Waals surface area contributed by atoms with E-state index in [0.717, 1.165) is 22.5 Å². The van der Waals surface area contributed by atoms with Gasteiger partial charge in [0.2, 0.25) is 17.7 Å². The van der Waals surface area contributed by atoms with Crippen LogP contribution in [0.3, 0.4) is 0 Å². The molecule has 2 fully saturated rings. The highest BCUT2D eigenvalue weighted by atomic mass is 32.1. The number of nitrogens with zero attached hydrogens (tertiary/aromatic N) is 3. The van der Waals surface area contributed by atoms with Crippen molar-refractivity contribution < 1.29 is 19.1 Å². The predicted molar refractivity (Wildman–Crippen MR) is 136 cm³/mol. The maximum atomic E-state index is 13.7. The molecule has 0 saturated carbocycles. The van der Waals surface area contributed by atoms with Crippen LogP contribution in [0.5, 0.6) is 0 Å². The Morgan fingerprint density at radius 2 is 1.86 bits per heavy atom. The molecule has 2 aliphatic rings. The van der Waals surface area contributed by atoms with Gasteiger partial charge in [-0.2, -0.15) is 0 Å². The zero-order chi connectivity index (χ0) is 24.8. The third-order valence-corrected chi connectivity index (χ3v) is 7.63. The number of carbonyl (C=O) groups excluding carboxylic acids is 3. The van der Waals surface area contributed by atoms with Gasteiger partial charge in [-0.25, -0.2) is 0 Å². The summed E-state index contributed by atoms with van der Waals surface area (Å²) in [7, 11) is 1.65. The summed E-state index contributed by atoms with van der Waals surface area (Å²) in [6, 6.07) is 11.6. The number of amides is 3. The topological polar surface area (TPSA) is 82.2 Å². The maximum Gasteiger partial charge on any atom is 0.234 e. The first-order chi connectivity index (χ1) is 17.0. The van der Waals surface area contributed by atoms with Gasteiger partial charge in [0.15, 0.2) is 0 Å². The van der Waals surface area contributed by atoms with Crippen LogP contribution < -0.4 is 10.2 Å². The monoisotopic (exact) mass is 498 g/mol. The standard InChI is InChI=1S/C26H34N4O4S/c1-19-6-8-20(9-7-19)30-24(32)17-21(25(30)22-5-3-16-35-22)26(33)29-13-11-28(12-14-29)18-23(31)27-10-4-15-34-2/h3,5-9,16,21,25H,4,10-15,17-18H2,1-2H3,(H,27,31). The Balaban J connectivity index is 1.39. The lowest BCUT2D eigenvalue weighted by molar-refractivity contribution is -0.138. The molecule has 2 unspecified atom stereocenters. The Morgan fingerprint density at radius 1 is 1.11 bits per heavy atom. The van der Waals surface area contributed by atoms with E-state index in [1.165, 1.54) is 0 Å². The summed E-state index contributed by atoms with van der Waals surface area (Å²) in [6.07, 6.45) is 0.995. The molecule has 2 saturated heterocycles. The first-order valence-corrected chi connectivity index (χ1v) is 13.0. The van der Waals surface area contributed by atoms with Gasteiger partial charge in [-0.05, 0) is 36.9 Å². The van der Waals surface area contributed by atoms with Crippen molar-refractivity contribution in [3.63, 3.8) is 0 Å². The molecule has 188 valence electrons. The number of piperazine rings is 1. The summed E-state index contributed by atoms with van der Waals surface area (Å²) in [6.45, 7) is 5.97. The first kappa shape index (κ1) is 25.3. The van der Waals surface area contributed by atoms with Crippen LogP contribution >= 0.6 is 11.3 Å². The average molecular weight is 499 g/mol. The average Bonchev–Trinajstić information content (AvgIpc) is 3.50. The molecule has 9 heteroatoms. The third-order valence-electron chi connectivity index (χ3n) is 6.69. The summed E-state index contributed by atoms with van der Waals surface area (Å²) in [5, 5.41) is 4.90. The van der Waals surface area contributed by atoms with Crippen LogP contribution in [0, 0.1) is 12.8 Å². The van der Waals surface area contributed by atoms with Crippen LogP contribution in [0.1, 0.15) is 29.3 Å². The molecular formula is C26H34N4O4S. The normalized spacial score (nSPS) is 20.9. The van der Waals surface area contributed by atoms with E-state index in [1.807, 2.05) is 53.6 Å². The number of aryl methyl sites for hydroxylation is 1. The van der Waals surface area contributed by atoms with E-state index in [4.69, 9.17) is 4.74 Å². The fraction of sp³-hybridized carbons (Fsp3) is 0.500. The molecule has 35 heavy (non-hydrogen) atoms. The number of benzene rings is 1. The molecule has 2 aliphatic heterocycles. The van der Waals surface area contributed by atoms with Crippen LogP contribution in [0.4, 0.5) is 5.69 Å². The minimum atomic E-state index is -0.418. The molecule has 8 nitrogen and oxygen atoms in total.